The Morgan fingerprint density at radius 1 is 1.22 bits per heavy atom. The van der Waals surface area contributed by atoms with E-state index in [4.69, 9.17) is 9.84 Å². The number of hydrogen-bond donors (Lipinski definition) is 2. The summed E-state index contributed by atoms with van der Waals surface area (Å²) >= 11 is 0. The molecule has 1 saturated heterocycles. The van der Waals surface area contributed by atoms with Crippen molar-refractivity contribution >= 4 is 23.4 Å². The minimum atomic E-state index is -0.941. The van der Waals surface area contributed by atoms with Crippen LogP contribution >= 0.6 is 0 Å². The number of benzene rings is 1. The van der Waals surface area contributed by atoms with Gasteiger partial charge in [-0.15, -0.1) is 0 Å². The molecule has 23 heavy (non-hydrogen) atoms. The smallest absolute Gasteiger partial charge is 0.335 e. The summed E-state index contributed by atoms with van der Waals surface area (Å²) in [6, 6.07) is 8.41. The van der Waals surface area contributed by atoms with Crippen molar-refractivity contribution in [2.45, 2.75) is 6.92 Å². The molecule has 120 valence electrons. The van der Waals surface area contributed by atoms with Crippen LogP contribution in [0.2, 0.25) is 0 Å². The van der Waals surface area contributed by atoms with Crippen LogP contribution in [0.4, 0.5) is 17.5 Å². The highest BCUT2D eigenvalue weighted by atomic mass is 16.5. The summed E-state index contributed by atoms with van der Waals surface area (Å²) in [5, 5.41) is 12.1. The molecule has 7 heteroatoms. The molecule has 2 heterocycles. The molecular weight excluding hydrogens is 296 g/mol. The third-order valence-corrected chi connectivity index (χ3v) is 3.54. The second-order valence-corrected chi connectivity index (χ2v) is 5.30. The molecule has 1 aromatic carbocycles. The highest BCUT2D eigenvalue weighted by Gasteiger charge is 2.15. The molecule has 1 aromatic heterocycles. The van der Waals surface area contributed by atoms with Gasteiger partial charge < -0.3 is 20.1 Å². The summed E-state index contributed by atoms with van der Waals surface area (Å²) in [6.07, 6.45) is 0. The van der Waals surface area contributed by atoms with E-state index in [-0.39, 0.29) is 5.56 Å². The standard InChI is InChI=1S/C16H18N4O3/c1-11-10-14(18-13-4-2-12(3-5-13)15(21)22)19-16(17-11)20-6-8-23-9-7-20/h2-5,10H,6-9H2,1H3,(H,21,22)(H,17,18,19). The van der Waals surface area contributed by atoms with E-state index in [9.17, 15) is 4.79 Å². The highest BCUT2D eigenvalue weighted by Crippen LogP contribution is 2.19. The Bertz CT molecular complexity index is 697. The van der Waals surface area contributed by atoms with Crippen LogP contribution in [-0.4, -0.2) is 47.3 Å². The largest absolute Gasteiger partial charge is 0.478 e. The zero-order chi connectivity index (χ0) is 16.2. The number of hydrogen-bond acceptors (Lipinski definition) is 6. The number of aromatic nitrogens is 2. The molecule has 0 amide bonds. The lowest BCUT2D eigenvalue weighted by Gasteiger charge is -2.27. The van der Waals surface area contributed by atoms with E-state index >= 15 is 0 Å². The first kappa shape index (κ1) is 15.2. The molecule has 0 unspecified atom stereocenters. The van der Waals surface area contributed by atoms with E-state index in [1.54, 1.807) is 24.3 Å². The maximum Gasteiger partial charge on any atom is 0.335 e. The zero-order valence-electron chi connectivity index (χ0n) is 12.8. The number of aromatic carboxylic acids is 1. The van der Waals surface area contributed by atoms with Crippen LogP contribution in [0.5, 0.6) is 0 Å². The fourth-order valence-electron chi connectivity index (χ4n) is 2.37. The van der Waals surface area contributed by atoms with Gasteiger partial charge >= 0.3 is 5.97 Å². The zero-order valence-corrected chi connectivity index (χ0v) is 12.8. The number of rotatable bonds is 4. The van der Waals surface area contributed by atoms with Crippen LogP contribution < -0.4 is 10.2 Å². The van der Waals surface area contributed by atoms with Crippen molar-refractivity contribution in [3.05, 3.63) is 41.6 Å². The summed E-state index contributed by atoms with van der Waals surface area (Å²) in [6.45, 7) is 4.82. The van der Waals surface area contributed by atoms with Crippen molar-refractivity contribution < 1.29 is 14.6 Å². The molecule has 0 spiro atoms. The van der Waals surface area contributed by atoms with E-state index in [2.05, 4.69) is 20.2 Å². The van der Waals surface area contributed by atoms with Gasteiger partial charge in [0.2, 0.25) is 5.95 Å². The molecular formula is C16H18N4O3. The predicted octanol–water partition coefficient (Wildman–Crippen LogP) is 2.06. The Hall–Kier alpha value is -2.67. The minimum Gasteiger partial charge on any atom is -0.478 e. The third kappa shape index (κ3) is 3.75. The summed E-state index contributed by atoms with van der Waals surface area (Å²) in [4.78, 5) is 22.0. The van der Waals surface area contributed by atoms with Gasteiger partial charge in [0.25, 0.3) is 0 Å². The number of carboxylic acid groups (broad SMARTS) is 1. The van der Waals surface area contributed by atoms with Gasteiger partial charge in [-0.25, -0.2) is 9.78 Å². The molecule has 0 aliphatic carbocycles. The summed E-state index contributed by atoms with van der Waals surface area (Å²) in [7, 11) is 0. The number of carbonyl (C=O) groups is 1. The summed E-state index contributed by atoms with van der Waals surface area (Å²) in [5.41, 5.74) is 1.90. The quantitative estimate of drug-likeness (QED) is 0.893. The molecule has 0 radical (unpaired) electrons. The van der Waals surface area contributed by atoms with Crippen LogP contribution in [0.25, 0.3) is 0 Å². The molecule has 1 aliphatic rings. The Kier molecular flexibility index (Phi) is 4.38. The maximum absolute atomic E-state index is 10.9. The van der Waals surface area contributed by atoms with E-state index < -0.39 is 5.97 Å². The molecule has 0 saturated carbocycles. The monoisotopic (exact) mass is 314 g/mol. The molecule has 1 aliphatic heterocycles. The van der Waals surface area contributed by atoms with E-state index in [0.717, 1.165) is 24.5 Å². The van der Waals surface area contributed by atoms with Gasteiger partial charge in [0.1, 0.15) is 5.82 Å². The first-order valence-electron chi connectivity index (χ1n) is 7.40. The van der Waals surface area contributed by atoms with Gasteiger partial charge in [0.15, 0.2) is 0 Å². The van der Waals surface area contributed by atoms with Crippen molar-refractivity contribution in [2.24, 2.45) is 0 Å². The topological polar surface area (TPSA) is 87.6 Å². The summed E-state index contributed by atoms with van der Waals surface area (Å²) in [5.74, 6) is 0.420. The second kappa shape index (κ2) is 6.62. The lowest BCUT2D eigenvalue weighted by Crippen LogP contribution is -2.37. The molecule has 1 fully saturated rings. The third-order valence-electron chi connectivity index (χ3n) is 3.54. The highest BCUT2D eigenvalue weighted by molar-refractivity contribution is 5.88. The number of nitrogens with one attached hydrogen (secondary N) is 1. The normalized spacial score (nSPS) is 14.6. The summed E-state index contributed by atoms with van der Waals surface area (Å²) < 4.78 is 5.35. The number of ether oxygens (including phenoxy) is 1. The van der Waals surface area contributed by atoms with Gasteiger partial charge in [-0.3, -0.25) is 0 Å². The maximum atomic E-state index is 10.9. The first-order valence-corrected chi connectivity index (χ1v) is 7.40. The number of nitrogens with zero attached hydrogens (tertiary/aromatic N) is 3. The van der Waals surface area contributed by atoms with Crippen LogP contribution in [0.3, 0.4) is 0 Å². The lowest BCUT2D eigenvalue weighted by atomic mass is 10.2. The van der Waals surface area contributed by atoms with Crippen LogP contribution in [0, 0.1) is 6.92 Å². The minimum absolute atomic E-state index is 0.253. The van der Waals surface area contributed by atoms with Crippen molar-refractivity contribution in [2.75, 3.05) is 36.5 Å². The predicted molar refractivity (Wildman–Crippen MR) is 86.5 cm³/mol. The van der Waals surface area contributed by atoms with Crippen LogP contribution in [0.15, 0.2) is 30.3 Å². The molecule has 0 bridgehead atoms. The Balaban J connectivity index is 1.79. The van der Waals surface area contributed by atoms with Crippen molar-refractivity contribution in [1.29, 1.82) is 0 Å². The van der Waals surface area contributed by atoms with E-state index in [1.165, 1.54) is 0 Å². The SMILES string of the molecule is Cc1cc(Nc2ccc(C(=O)O)cc2)nc(N2CCOCC2)n1. The van der Waals surface area contributed by atoms with E-state index in [0.29, 0.717) is 25.0 Å². The Morgan fingerprint density at radius 2 is 1.91 bits per heavy atom. The molecule has 2 aromatic rings. The number of aryl methyl sites for hydroxylation is 1. The number of carboxylic acids is 1. The fourth-order valence-corrected chi connectivity index (χ4v) is 2.37. The Labute approximate surface area is 133 Å². The second-order valence-electron chi connectivity index (χ2n) is 5.30. The van der Waals surface area contributed by atoms with Crippen molar-refractivity contribution in [3.8, 4) is 0 Å². The molecule has 2 N–H and O–H groups in total. The molecule has 3 rings (SSSR count). The number of morpholine rings is 1. The van der Waals surface area contributed by atoms with Crippen LogP contribution in [-0.2, 0) is 4.74 Å². The molecule has 7 nitrogen and oxygen atoms in total. The number of anilines is 3. The van der Waals surface area contributed by atoms with Crippen molar-refractivity contribution in [1.82, 2.24) is 9.97 Å². The van der Waals surface area contributed by atoms with Crippen LogP contribution in [0.1, 0.15) is 16.1 Å². The average Bonchev–Trinajstić information content (AvgIpc) is 2.55. The van der Waals surface area contributed by atoms with Gasteiger partial charge in [-0.1, -0.05) is 0 Å². The van der Waals surface area contributed by atoms with Gasteiger partial charge in [0.05, 0.1) is 18.8 Å². The fraction of sp³-hybridized carbons (Fsp3) is 0.312. The van der Waals surface area contributed by atoms with Gasteiger partial charge in [-0.05, 0) is 31.2 Å². The van der Waals surface area contributed by atoms with Gasteiger partial charge in [0, 0.05) is 30.5 Å². The molecule has 0 atom stereocenters. The van der Waals surface area contributed by atoms with E-state index in [1.807, 2.05) is 13.0 Å². The first-order chi connectivity index (χ1) is 11.1. The average molecular weight is 314 g/mol. The van der Waals surface area contributed by atoms with Gasteiger partial charge in [-0.2, -0.15) is 4.98 Å². The van der Waals surface area contributed by atoms with Crippen molar-refractivity contribution in [3.63, 3.8) is 0 Å². The lowest BCUT2D eigenvalue weighted by molar-refractivity contribution is 0.0697. The Morgan fingerprint density at radius 3 is 2.57 bits per heavy atom.